The van der Waals surface area contributed by atoms with Gasteiger partial charge in [-0.05, 0) is 224 Å². The summed E-state index contributed by atoms with van der Waals surface area (Å²) in [5.74, 6) is 3.91. The summed E-state index contributed by atoms with van der Waals surface area (Å²) in [4.78, 5) is 45.8. The van der Waals surface area contributed by atoms with Crippen molar-refractivity contribution in [2.75, 3.05) is 0 Å². The predicted molar refractivity (Wildman–Crippen MR) is 595 cm³/mol. The fourth-order valence-corrected chi connectivity index (χ4v) is 20.2. The van der Waals surface area contributed by atoms with E-state index >= 15 is 0 Å². The van der Waals surface area contributed by atoms with Gasteiger partial charge in [0, 0.05) is 82.9 Å². The highest BCUT2D eigenvalue weighted by Gasteiger charge is 2.23. The van der Waals surface area contributed by atoms with Gasteiger partial charge in [-0.25, -0.2) is 44.9 Å². The van der Waals surface area contributed by atoms with Gasteiger partial charge < -0.3 is 13.3 Å². The van der Waals surface area contributed by atoms with Crippen LogP contribution in [-0.4, -0.2) is 44.9 Å². The molecule has 29 rings (SSSR count). The molecule has 6 heterocycles. The quantitative estimate of drug-likeness (QED) is 0.101. The van der Waals surface area contributed by atoms with E-state index in [1.807, 2.05) is 133 Å². The lowest BCUT2D eigenvalue weighted by Gasteiger charge is -2.12. The average Bonchev–Trinajstić information content (AvgIpc) is 1.63. The summed E-state index contributed by atoms with van der Waals surface area (Å²) in [5.41, 5.74) is 24.6. The third-order valence-electron chi connectivity index (χ3n) is 27.6. The zero-order chi connectivity index (χ0) is 95.8. The average molecular weight is 1850 g/mol. The Bertz CT molecular complexity index is 9580. The number of rotatable bonds is 13. The summed E-state index contributed by atoms with van der Waals surface area (Å²) >= 11 is 0. The van der Waals surface area contributed by atoms with Gasteiger partial charge in [0.1, 0.15) is 16.6 Å². The molecule has 0 saturated heterocycles. The highest BCUT2D eigenvalue weighted by atomic mass is 16.4. The first kappa shape index (κ1) is 84.6. The van der Waals surface area contributed by atoms with Gasteiger partial charge in [0.25, 0.3) is 0 Å². The minimum atomic E-state index is 0.622. The van der Waals surface area contributed by atoms with E-state index in [0.717, 1.165) is 204 Å². The van der Waals surface area contributed by atoms with E-state index < -0.39 is 0 Å². The van der Waals surface area contributed by atoms with Crippen LogP contribution in [0.2, 0.25) is 0 Å². The topological polar surface area (TPSA) is 155 Å². The molecule has 0 unspecified atom stereocenters. The number of hydrogen-bond acceptors (Lipinski definition) is 12. The molecule has 0 N–H and O–H groups in total. The van der Waals surface area contributed by atoms with Gasteiger partial charge in [-0.15, -0.1) is 0 Å². The molecule has 12 heteroatoms. The van der Waals surface area contributed by atoms with Crippen molar-refractivity contribution >= 4 is 141 Å². The van der Waals surface area contributed by atoms with Crippen molar-refractivity contribution in [3.05, 3.63) is 491 Å². The van der Waals surface area contributed by atoms with Crippen LogP contribution < -0.4 is 0 Å². The lowest BCUT2D eigenvalue weighted by molar-refractivity contribution is 0.619. The van der Waals surface area contributed by atoms with Crippen LogP contribution in [0.3, 0.4) is 0 Å². The molecule has 0 aliphatic heterocycles. The van der Waals surface area contributed by atoms with E-state index in [2.05, 4.69) is 358 Å². The van der Waals surface area contributed by atoms with Crippen LogP contribution in [0.1, 0.15) is 0 Å². The van der Waals surface area contributed by atoms with E-state index in [0.29, 0.717) is 35.1 Å². The zero-order valence-electron chi connectivity index (χ0n) is 78.0. The Morgan fingerprint density at radius 1 is 0.138 bits per heavy atom. The minimum Gasteiger partial charge on any atom is -0.436 e. The monoisotopic (exact) mass is 1850 g/mol. The van der Waals surface area contributed by atoms with Crippen molar-refractivity contribution in [1.82, 2.24) is 44.9 Å². The van der Waals surface area contributed by atoms with Crippen LogP contribution in [0.15, 0.2) is 505 Å². The predicted octanol–water partition coefficient (Wildman–Crippen LogP) is 35.1. The Hall–Kier alpha value is -19.7. The minimum absolute atomic E-state index is 0.622. The molecule has 29 aromatic rings. The van der Waals surface area contributed by atoms with Crippen molar-refractivity contribution in [3.63, 3.8) is 0 Å². The van der Waals surface area contributed by atoms with Gasteiger partial charge in [-0.2, -0.15) is 0 Å². The lowest BCUT2D eigenvalue weighted by atomic mass is 9.98. The summed E-state index contributed by atoms with van der Waals surface area (Å²) in [6.45, 7) is 0. The van der Waals surface area contributed by atoms with Gasteiger partial charge in [0.15, 0.2) is 34.2 Å². The molecule has 0 radical (unpaired) electrons. The van der Waals surface area contributed by atoms with Crippen molar-refractivity contribution < 1.29 is 13.3 Å². The molecule has 6 aromatic heterocycles. The van der Waals surface area contributed by atoms with Crippen LogP contribution in [0, 0.1) is 0 Å². The Morgan fingerprint density at radius 3 is 0.779 bits per heavy atom. The fraction of sp³-hybridized carbons (Fsp3) is 0. The largest absolute Gasteiger partial charge is 0.436 e. The summed E-state index contributed by atoms with van der Waals surface area (Å²) in [6, 6.07) is 170. The number of fused-ring (bicyclic) bond motifs is 19. The van der Waals surface area contributed by atoms with E-state index in [1.54, 1.807) is 0 Å². The van der Waals surface area contributed by atoms with Crippen molar-refractivity contribution in [1.29, 1.82) is 0 Å². The molecule has 0 aliphatic rings. The molecule has 0 spiro atoms. The van der Waals surface area contributed by atoms with Crippen LogP contribution in [0.25, 0.3) is 288 Å². The summed E-state index contributed by atoms with van der Waals surface area (Å²) in [6.07, 6.45) is 0. The Balaban J connectivity index is 0.000000108. The second-order valence-electron chi connectivity index (χ2n) is 36.6. The standard InChI is InChI=1S/2C45H27N3O.C43H27N3O/c1-2-10-31(11-3-1)45-48-43-41(49-45)23-21-30-16-17-34-26-37(20-22-38(34)42(30)43)44-46-39(35-18-14-28-8-4-6-12-32(28)24-35)27-40(47-44)36-19-15-29-9-5-7-13-33(29)25-36;1-2-10-31(11-3-1)45-48-39-23-21-30-16-17-34-26-37(20-22-38(34)42(30)43(39)49-45)44-46-40(35-18-14-28-8-4-6-12-32(28)24-35)27-41(47-44)36-19-15-29-9-5-7-13-33(29)25-36;1-4-11-28(12-5-1)32-17-10-18-34(25-32)38-27-37(29-13-6-2-7-14-29)44-42(45-38)35-21-23-36-33(26-35)20-19-30-22-24-39-41(40(30)36)46-43(47-39)31-15-8-3-9-16-31/h2*1-27H;1-27H. The van der Waals surface area contributed by atoms with Crippen molar-refractivity contribution in [2.45, 2.75) is 0 Å². The van der Waals surface area contributed by atoms with Crippen LogP contribution in [0.4, 0.5) is 0 Å². The van der Waals surface area contributed by atoms with Crippen molar-refractivity contribution in [2.24, 2.45) is 0 Å². The highest BCUT2D eigenvalue weighted by Crippen LogP contribution is 2.44. The number of hydrogen-bond donors (Lipinski definition) is 0. The fourth-order valence-electron chi connectivity index (χ4n) is 20.2. The van der Waals surface area contributed by atoms with Crippen molar-refractivity contribution in [3.8, 4) is 147 Å². The molecule has 0 saturated carbocycles. The maximum Gasteiger partial charge on any atom is 0.227 e. The van der Waals surface area contributed by atoms with Gasteiger partial charge in [-0.1, -0.05) is 370 Å². The maximum absolute atomic E-state index is 6.45. The third kappa shape index (κ3) is 16.2. The first-order chi connectivity index (χ1) is 71.7. The molecule has 676 valence electrons. The molecular weight excluding hydrogens is 1770 g/mol. The number of nitrogens with zero attached hydrogens (tertiary/aromatic N) is 9. The van der Waals surface area contributed by atoms with E-state index in [1.165, 1.54) is 48.7 Å². The molecule has 23 aromatic carbocycles. The van der Waals surface area contributed by atoms with Crippen LogP contribution in [0.5, 0.6) is 0 Å². The number of benzene rings is 23. The normalized spacial score (nSPS) is 11.6. The van der Waals surface area contributed by atoms with Gasteiger partial charge in [0.05, 0.1) is 34.2 Å². The first-order valence-electron chi connectivity index (χ1n) is 48.5. The molecular formula is C133H81N9O3. The first-order valence-corrected chi connectivity index (χ1v) is 48.5. The zero-order valence-corrected chi connectivity index (χ0v) is 78.0. The number of oxazole rings is 3. The third-order valence-corrected chi connectivity index (χ3v) is 27.6. The summed E-state index contributed by atoms with van der Waals surface area (Å²) in [5, 5.41) is 22.7. The van der Waals surface area contributed by atoms with Crippen LogP contribution in [-0.2, 0) is 0 Å². The lowest BCUT2D eigenvalue weighted by Crippen LogP contribution is -1.96. The van der Waals surface area contributed by atoms with Gasteiger partial charge in [-0.3, -0.25) is 0 Å². The Kier molecular flexibility index (Phi) is 21.0. The SMILES string of the molecule is c1ccc(-c2cccc(-c3cc(-c4ccccc4)nc(-c4ccc5c(ccc6ccc7oc(-c8ccccc8)nc7c65)c4)n3)c2)cc1.c1ccc(-c2nc3c(ccc4ccc5cc(-c6nc(-c7ccc8ccccc8c7)cc(-c7ccc8ccccc8c7)n6)ccc5c43)o2)cc1.c1ccc(-c2nc3ccc4ccc5cc(-c6nc(-c7ccc8ccccc8c7)cc(-c7ccc8ccccc8c7)n6)ccc5c4c3o2)cc1. The maximum atomic E-state index is 6.45. The highest BCUT2D eigenvalue weighted by molar-refractivity contribution is 6.22. The summed E-state index contributed by atoms with van der Waals surface area (Å²) < 4.78 is 18.9. The second kappa shape index (κ2) is 35.9. The van der Waals surface area contributed by atoms with Gasteiger partial charge in [0.2, 0.25) is 17.7 Å². The molecule has 0 fully saturated rings. The molecule has 145 heavy (non-hydrogen) atoms. The Labute approximate surface area is 832 Å². The second-order valence-corrected chi connectivity index (χ2v) is 36.6. The van der Waals surface area contributed by atoms with E-state index in [4.69, 9.17) is 58.1 Å². The van der Waals surface area contributed by atoms with E-state index in [9.17, 15) is 0 Å². The number of aromatic nitrogens is 9. The van der Waals surface area contributed by atoms with Crippen LogP contribution >= 0.6 is 0 Å². The smallest absolute Gasteiger partial charge is 0.227 e. The summed E-state index contributed by atoms with van der Waals surface area (Å²) in [7, 11) is 0. The van der Waals surface area contributed by atoms with Gasteiger partial charge >= 0.3 is 0 Å². The molecule has 0 aliphatic carbocycles. The molecule has 0 amide bonds. The molecule has 0 atom stereocenters. The molecule has 12 nitrogen and oxygen atoms in total. The Morgan fingerprint density at radius 2 is 0.400 bits per heavy atom. The van der Waals surface area contributed by atoms with E-state index in [-0.39, 0.29) is 0 Å². The molecule has 0 bridgehead atoms.